The third-order valence-corrected chi connectivity index (χ3v) is 3.88. The van der Waals surface area contributed by atoms with Gasteiger partial charge in [0.2, 0.25) is 5.91 Å². The van der Waals surface area contributed by atoms with Crippen LogP contribution in [0.15, 0.2) is 67.0 Å². The van der Waals surface area contributed by atoms with Gasteiger partial charge in [0.25, 0.3) is 0 Å². The van der Waals surface area contributed by atoms with Crippen LogP contribution in [0.2, 0.25) is 0 Å². The van der Waals surface area contributed by atoms with Crippen molar-refractivity contribution in [2.24, 2.45) is 0 Å². The van der Waals surface area contributed by atoms with Gasteiger partial charge in [-0.1, -0.05) is 42.5 Å². The lowest BCUT2D eigenvalue weighted by molar-refractivity contribution is -0.119. The molecule has 126 valence electrons. The first-order valence-electron chi connectivity index (χ1n) is 7.78. The summed E-state index contributed by atoms with van der Waals surface area (Å²) in [5, 5.41) is 15.7. The Balaban J connectivity index is 1.69. The third-order valence-electron chi connectivity index (χ3n) is 3.88. The summed E-state index contributed by atoms with van der Waals surface area (Å²) >= 11 is 0. The van der Waals surface area contributed by atoms with Crippen LogP contribution in [-0.4, -0.2) is 26.8 Å². The summed E-state index contributed by atoms with van der Waals surface area (Å²) in [6, 6.07) is 16.9. The lowest BCUT2D eigenvalue weighted by Crippen LogP contribution is -2.24. The predicted molar refractivity (Wildman–Crippen MR) is 94.4 cm³/mol. The molecule has 3 aromatic rings. The maximum atomic E-state index is 12.3. The van der Waals surface area contributed by atoms with E-state index in [4.69, 9.17) is 5.11 Å². The van der Waals surface area contributed by atoms with Gasteiger partial charge in [0, 0.05) is 11.9 Å². The number of hydrogen-bond acceptors (Lipinski definition) is 3. The molecule has 25 heavy (non-hydrogen) atoms. The Morgan fingerprint density at radius 3 is 2.28 bits per heavy atom. The molecule has 2 aromatic carbocycles. The first-order valence-corrected chi connectivity index (χ1v) is 7.78. The summed E-state index contributed by atoms with van der Waals surface area (Å²) in [5.74, 6) is -1.34. The first-order chi connectivity index (χ1) is 12.0. The Hall–Kier alpha value is -3.41. The van der Waals surface area contributed by atoms with Crippen LogP contribution in [0.1, 0.15) is 23.3 Å². The molecule has 0 saturated carbocycles. The smallest absolute Gasteiger partial charge is 0.338 e. The second-order valence-corrected chi connectivity index (χ2v) is 5.62. The molecule has 1 aromatic heterocycles. The van der Waals surface area contributed by atoms with Gasteiger partial charge >= 0.3 is 5.97 Å². The number of rotatable bonds is 5. The Labute approximate surface area is 144 Å². The van der Waals surface area contributed by atoms with Gasteiger partial charge in [0.15, 0.2) is 0 Å². The van der Waals surface area contributed by atoms with E-state index in [1.165, 1.54) is 17.1 Å². The van der Waals surface area contributed by atoms with Gasteiger partial charge < -0.3 is 10.4 Å². The van der Waals surface area contributed by atoms with E-state index in [0.29, 0.717) is 5.69 Å². The number of benzene rings is 2. The topological polar surface area (TPSA) is 84.2 Å². The zero-order valence-corrected chi connectivity index (χ0v) is 13.6. The fourth-order valence-corrected chi connectivity index (χ4v) is 2.40. The van der Waals surface area contributed by atoms with Crippen LogP contribution in [0.4, 0.5) is 5.69 Å². The molecule has 1 heterocycles. The summed E-state index contributed by atoms with van der Waals surface area (Å²) in [6.07, 6.45) is 2.56. The Morgan fingerprint density at radius 1 is 1.04 bits per heavy atom. The summed E-state index contributed by atoms with van der Waals surface area (Å²) in [6.45, 7) is 1.66. The summed E-state index contributed by atoms with van der Waals surface area (Å²) < 4.78 is 1.33. The molecule has 2 N–H and O–H groups in total. The normalized spacial score (nSPS) is 11.7. The first kappa shape index (κ1) is 16.4. The van der Waals surface area contributed by atoms with E-state index in [-0.39, 0.29) is 11.5 Å². The lowest BCUT2D eigenvalue weighted by atomic mass is 10.1. The molecule has 1 amide bonds. The minimum absolute atomic E-state index is 0.0480. The number of carboxylic acids is 1. The van der Waals surface area contributed by atoms with Gasteiger partial charge in [-0.25, -0.2) is 4.79 Å². The Morgan fingerprint density at radius 2 is 1.68 bits per heavy atom. The highest BCUT2D eigenvalue weighted by Crippen LogP contribution is 2.21. The molecule has 0 aliphatic carbocycles. The van der Waals surface area contributed by atoms with Crippen molar-refractivity contribution in [2.45, 2.75) is 13.0 Å². The van der Waals surface area contributed by atoms with Crippen LogP contribution >= 0.6 is 0 Å². The van der Waals surface area contributed by atoms with Crippen molar-refractivity contribution < 1.29 is 14.7 Å². The largest absolute Gasteiger partial charge is 0.478 e. The molecule has 0 aliphatic heterocycles. The molecule has 1 unspecified atom stereocenters. The van der Waals surface area contributed by atoms with E-state index in [1.54, 1.807) is 6.92 Å². The summed E-state index contributed by atoms with van der Waals surface area (Å²) in [7, 11) is 0. The van der Waals surface area contributed by atoms with E-state index in [0.717, 1.165) is 11.1 Å². The van der Waals surface area contributed by atoms with Crippen molar-refractivity contribution >= 4 is 17.6 Å². The van der Waals surface area contributed by atoms with Crippen LogP contribution in [0.5, 0.6) is 0 Å². The van der Waals surface area contributed by atoms with Gasteiger partial charge in [-0.3, -0.25) is 9.48 Å². The lowest BCUT2D eigenvalue weighted by Gasteiger charge is -2.13. The zero-order valence-electron chi connectivity index (χ0n) is 13.6. The van der Waals surface area contributed by atoms with Crippen LogP contribution in [-0.2, 0) is 4.79 Å². The number of aromatic carboxylic acids is 1. The van der Waals surface area contributed by atoms with Crippen molar-refractivity contribution in [1.29, 1.82) is 0 Å². The average Bonchev–Trinajstić information content (AvgIpc) is 3.13. The molecule has 6 heteroatoms. The van der Waals surface area contributed by atoms with E-state index in [9.17, 15) is 9.59 Å². The highest BCUT2D eigenvalue weighted by Gasteiger charge is 2.17. The zero-order chi connectivity index (χ0) is 17.8. The van der Waals surface area contributed by atoms with Crippen LogP contribution < -0.4 is 5.32 Å². The number of aromatic nitrogens is 2. The average molecular weight is 335 g/mol. The maximum Gasteiger partial charge on any atom is 0.338 e. The van der Waals surface area contributed by atoms with Gasteiger partial charge in [-0.05, 0) is 30.2 Å². The van der Waals surface area contributed by atoms with E-state index in [2.05, 4.69) is 10.4 Å². The number of nitrogens with zero attached hydrogens (tertiary/aromatic N) is 2. The molecule has 3 rings (SSSR count). The molecule has 0 aliphatic rings. The Kier molecular flexibility index (Phi) is 4.61. The van der Waals surface area contributed by atoms with Crippen LogP contribution in [0, 0.1) is 0 Å². The van der Waals surface area contributed by atoms with Crippen molar-refractivity contribution in [3.05, 3.63) is 72.6 Å². The summed E-state index contributed by atoms with van der Waals surface area (Å²) in [4.78, 5) is 23.2. The van der Waals surface area contributed by atoms with Gasteiger partial charge in [-0.2, -0.15) is 5.10 Å². The highest BCUT2D eigenvalue weighted by molar-refractivity contribution is 5.94. The number of carbonyl (C=O) groups is 2. The number of anilines is 1. The van der Waals surface area contributed by atoms with E-state index >= 15 is 0 Å². The molecule has 0 saturated heterocycles. The molecular formula is C19H17N3O3. The predicted octanol–water partition coefficient (Wildman–Crippen LogP) is 3.45. The SMILES string of the molecule is CC(C(=O)Nc1ccc(-c2ccccc2)cc1)n1cc(C(=O)O)cn1. The van der Waals surface area contributed by atoms with Gasteiger partial charge in [0.1, 0.15) is 6.04 Å². The molecule has 0 radical (unpaired) electrons. The fourth-order valence-electron chi connectivity index (χ4n) is 2.40. The second-order valence-electron chi connectivity index (χ2n) is 5.62. The number of carboxylic acid groups (broad SMARTS) is 1. The number of nitrogens with one attached hydrogen (secondary N) is 1. The molecule has 0 fully saturated rings. The van der Waals surface area contributed by atoms with Crippen molar-refractivity contribution in [3.63, 3.8) is 0 Å². The van der Waals surface area contributed by atoms with Crippen molar-refractivity contribution in [3.8, 4) is 11.1 Å². The quantitative estimate of drug-likeness (QED) is 0.748. The monoisotopic (exact) mass is 335 g/mol. The minimum Gasteiger partial charge on any atom is -0.478 e. The van der Waals surface area contributed by atoms with E-state index < -0.39 is 12.0 Å². The maximum absolute atomic E-state index is 12.3. The minimum atomic E-state index is -1.07. The summed E-state index contributed by atoms with van der Waals surface area (Å²) in [5.41, 5.74) is 2.88. The van der Waals surface area contributed by atoms with Crippen LogP contribution in [0.25, 0.3) is 11.1 Å². The van der Waals surface area contributed by atoms with Crippen molar-refractivity contribution in [1.82, 2.24) is 9.78 Å². The third kappa shape index (κ3) is 3.74. The molecular weight excluding hydrogens is 318 g/mol. The standard InChI is InChI=1S/C19H17N3O3/c1-13(22-12-16(11-20-22)19(24)25)18(23)21-17-9-7-15(8-10-17)14-5-3-2-4-6-14/h2-13H,1H3,(H,21,23)(H,24,25). The molecule has 0 bridgehead atoms. The molecule has 1 atom stereocenters. The van der Waals surface area contributed by atoms with Crippen LogP contribution in [0.3, 0.4) is 0 Å². The van der Waals surface area contributed by atoms with Gasteiger partial charge in [0.05, 0.1) is 11.8 Å². The second kappa shape index (κ2) is 7.00. The fraction of sp³-hybridized carbons (Fsp3) is 0.105. The highest BCUT2D eigenvalue weighted by atomic mass is 16.4. The van der Waals surface area contributed by atoms with Gasteiger partial charge in [-0.15, -0.1) is 0 Å². The Bertz CT molecular complexity index is 886. The number of hydrogen-bond donors (Lipinski definition) is 2. The molecule has 0 spiro atoms. The number of amides is 1. The van der Waals surface area contributed by atoms with E-state index in [1.807, 2.05) is 54.6 Å². The number of carbonyl (C=O) groups excluding carboxylic acids is 1. The molecule has 6 nitrogen and oxygen atoms in total. The van der Waals surface area contributed by atoms with Crippen molar-refractivity contribution in [2.75, 3.05) is 5.32 Å².